The molecule has 0 aliphatic carbocycles. The molecular formula is C23H26ClF2N2O9PS. The van der Waals surface area contributed by atoms with E-state index in [-0.39, 0.29) is 18.8 Å². The number of carbonyl (C=O) groups is 2. The maximum Gasteiger partial charge on any atom is 0.338 e. The summed E-state index contributed by atoms with van der Waals surface area (Å²) in [6.07, 6.45) is -4.14. The van der Waals surface area contributed by atoms with Gasteiger partial charge in [0.15, 0.2) is 12.3 Å². The van der Waals surface area contributed by atoms with E-state index in [0.717, 1.165) is 23.8 Å². The van der Waals surface area contributed by atoms with E-state index < -0.39 is 66.3 Å². The van der Waals surface area contributed by atoms with Gasteiger partial charge in [-0.1, -0.05) is 11.6 Å². The number of rotatable bonds is 11. The molecule has 39 heavy (non-hydrogen) atoms. The summed E-state index contributed by atoms with van der Waals surface area (Å²) < 4.78 is 60.3. The van der Waals surface area contributed by atoms with Gasteiger partial charge in [-0.25, -0.2) is 9.59 Å². The van der Waals surface area contributed by atoms with E-state index in [1.165, 1.54) is 38.1 Å². The van der Waals surface area contributed by atoms with Crippen LogP contribution in [0.25, 0.3) is 0 Å². The van der Waals surface area contributed by atoms with Crippen LogP contribution in [0.2, 0.25) is 5.02 Å². The average Bonchev–Trinajstić information content (AvgIpc) is 3.21. The lowest BCUT2D eigenvalue weighted by molar-refractivity contribution is -0.158. The van der Waals surface area contributed by atoms with Crippen LogP contribution in [0, 0.1) is 5.92 Å². The van der Waals surface area contributed by atoms with Crippen molar-refractivity contribution in [1.29, 1.82) is 0 Å². The Labute approximate surface area is 231 Å². The maximum atomic E-state index is 16.4. The van der Waals surface area contributed by atoms with E-state index in [4.69, 9.17) is 46.7 Å². The fraction of sp³-hybridized carbons (Fsp3) is 0.478. The second-order valence-corrected chi connectivity index (χ2v) is 12.2. The van der Waals surface area contributed by atoms with E-state index in [1.807, 2.05) is 4.98 Å². The van der Waals surface area contributed by atoms with E-state index in [1.54, 1.807) is 0 Å². The number of H-pyrrole nitrogens is 1. The van der Waals surface area contributed by atoms with Crippen LogP contribution in [0.15, 0.2) is 46.1 Å². The fourth-order valence-corrected chi connectivity index (χ4v) is 6.93. The smallest absolute Gasteiger partial charge is 0.338 e. The SMILES string of the molecule is CCOP(=S)(OCC)C(F)(F)[C@@H]1[C@@H](OC(C)=O)[C@H](n2ccc(=O)[nH]c2=O)O[C@@H]1COC(=O)c1ccc(Cl)cc1. The number of alkyl halides is 2. The Morgan fingerprint density at radius 1 is 1.15 bits per heavy atom. The normalized spacial score (nSPS) is 21.5. The Morgan fingerprint density at radius 3 is 2.31 bits per heavy atom. The molecule has 1 aromatic carbocycles. The van der Waals surface area contributed by atoms with E-state index in [0.29, 0.717) is 5.02 Å². The van der Waals surface area contributed by atoms with Crippen LogP contribution in [-0.2, 0) is 39.9 Å². The fourth-order valence-electron chi connectivity index (χ4n) is 4.03. The summed E-state index contributed by atoms with van der Waals surface area (Å²) >= 11 is 11.0. The standard InChI is InChI=1S/C23H26ClF2N2O9PS/c1-4-34-38(39,35-5-2)23(25,26)18-16(12-33-21(31)14-6-8-15(24)9-7-14)37-20(19(18)36-13(3)29)28-11-10-17(30)27-22(28)32/h6-11,16,18-20H,4-5,12H2,1-3H3,(H,27,30,32)/t16-,18+,19-,20-/m1/s1. The van der Waals surface area contributed by atoms with Gasteiger partial charge < -0.3 is 23.3 Å². The number of esters is 2. The molecule has 16 heteroatoms. The Kier molecular flexibility index (Phi) is 10.2. The van der Waals surface area contributed by atoms with Gasteiger partial charge >= 0.3 is 23.3 Å². The van der Waals surface area contributed by atoms with Crippen LogP contribution in [0.4, 0.5) is 8.78 Å². The molecule has 0 spiro atoms. The topological polar surface area (TPSA) is 135 Å². The summed E-state index contributed by atoms with van der Waals surface area (Å²) in [5.74, 6) is -3.93. The maximum absolute atomic E-state index is 16.4. The van der Waals surface area contributed by atoms with E-state index in [2.05, 4.69) is 0 Å². The van der Waals surface area contributed by atoms with Gasteiger partial charge in [0.1, 0.15) is 18.6 Å². The largest absolute Gasteiger partial charge is 0.459 e. The third-order valence-electron chi connectivity index (χ3n) is 5.60. The molecule has 214 valence electrons. The molecule has 1 aliphatic rings. The summed E-state index contributed by atoms with van der Waals surface area (Å²) in [5, 5.41) is 0.362. The summed E-state index contributed by atoms with van der Waals surface area (Å²) in [4.78, 5) is 50.8. The van der Waals surface area contributed by atoms with Gasteiger partial charge in [-0.05, 0) is 49.9 Å². The number of hydrogen-bond donors (Lipinski definition) is 1. The molecule has 2 heterocycles. The minimum Gasteiger partial charge on any atom is -0.459 e. The van der Waals surface area contributed by atoms with Crippen molar-refractivity contribution in [3.63, 3.8) is 0 Å². The van der Waals surface area contributed by atoms with E-state index in [9.17, 15) is 19.2 Å². The quantitative estimate of drug-likeness (QED) is 0.298. The molecule has 3 rings (SSSR count). The van der Waals surface area contributed by atoms with Gasteiger partial charge in [0.25, 0.3) is 12.1 Å². The zero-order chi connectivity index (χ0) is 29.0. The number of carbonyl (C=O) groups excluding carboxylic acids is 2. The first-order chi connectivity index (χ1) is 18.3. The summed E-state index contributed by atoms with van der Waals surface area (Å²) in [6, 6.07) is 6.59. The van der Waals surface area contributed by atoms with Gasteiger partial charge in [0, 0.05) is 24.2 Å². The molecule has 4 atom stereocenters. The molecule has 0 radical (unpaired) electrons. The second kappa shape index (κ2) is 12.8. The van der Waals surface area contributed by atoms with Crippen LogP contribution in [0.5, 0.6) is 0 Å². The first kappa shape index (κ1) is 31.1. The number of aromatic amines is 1. The molecule has 0 unspecified atom stereocenters. The monoisotopic (exact) mass is 610 g/mol. The molecule has 11 nitrogen and oxygen atoms in total. The summed E-state index contributed by atoms with van der Waals surface area (Å²) in [7, 11) is 0. The Hall–Kier alpha value is -2.48. The zero-order valence-electron chi connectivity index (χ0n) is 21.0. The lowest BCUT2D eigenvalue weighted by Gasteiger charge is -2.36. The van der Waals surface area contributed by atoms with Crippen molar-refractivity contribution in [3.8, 4) is 0 Å². The number of nitrogens with one attached hydrogen (secondary N) is 1. The lowest BCUT2D eigenvalue weighted by atomic mass is 9.98. The molecule has 1 fully saturated rings. The highest BCUT2D eigenvalue weighted by atomic mass is 35.5. The molecule has 0 saturated carbocycles. The number of hydrogen-bond acceptors (Lipinski definition) is 10. The highest BCUT2D eigenvalue weighted by molar-refractivity contribution is 8.10. The lowest BCUT2D eigenvalue weighted by Crippen LogP contribution is -2.46. The van der Waals surface area contributed by atoms with Crippen molar-refractivity contribution < 1.29 is 41.6 Å². The van der Waals surface area contributed by atoms with Gasteiger partial charge in [0.2, 0.25) is 0 Å². The minimum atomic E-state index is -4.41. The van der Waals surface area contributed by atoms with E-state index >= 15 is 8.78 Å². The highest BCUT2D eigenvalue weighted by Crippen LogP contribution is 2.68. The third kappa shape index (κ3) is 6.82. The molecule has 1 aromatic heterocycles. The summed E-state index contributed by atoms with van der Waals surface area (Å²) in [5.41, 5.74) is -5.69. The van der Waals surface area contributed by atoms with Gasteiger partial charge in [-0.2, -0.15) is 8.78 Å². The number of halogens is 3. The third-order valence-corrected chi connectivity index (χ3v) is 9.44. The highest BCUT2D eigenvalue weighted by Gasteiger charge is 2.66. The number of benzene rings is 1. The number of aromatic nitrogens is 2. The Bertz CT molecular complexity index is 1340. The van der Waals surface area contributed by atoms with Crippen molar-refractivity contribution in [2.45, 2.75) is 44.9 Å². The van der Waals surface area contributed by atoms with Gasteiger partial charge in [0.05, 0.1) is 18.8 Å². The molecule has 1 N–H and O–H groups in total. The predicted molar refractivity (Wildman–Crippen MR) is 138 cm³/mol. The zero-order valence-corrected chi connectivity index (χ0v) is 23.5. The van der Waals surface area contributed by atoms with Gasteiger partial charge in [-0.15, -0.1) is 0 Å². The van der Waals surface area contributed by atoms with Crippen LogP contribution < -0.4 is 11.2 Å². The van der Waals surface area contributed by atoms with Crippen LogP contribution in [-0.4, -0.2) is 59.2 Å². The van der Waals surface area contributed by atoms with Crippen LogP contribution in [0.3, 0.4) is 0 Å². The molecule has 0 bridgehead atoms. The Balaban J connectivity index is 2.08. The molecular weight excluding hydrogens is 585 g/mol. The molecule has 2 aromatic rings. The average molecular weight is 611 g/mol. The summed E-state index contributed by atoms with van der Waals surface area (Å²) in [6.45, 7) is -1.68. The van der Waals surface area contributed by atoms with Crippen molar-refractivity contribution >= 4 is 41.8 Å². The van der Waals surface area contributed by atoms with Gasteiger partial charge in [-0.3, -0.25) is 19.1 Å². The number of ether oxygens (including phenoxy) is 3. The van der Waals surface area contributed by atoms with Crippen molar-refractivity contribution in [3.05, 3.63) is 68.0 Å². The minimum absolute atomic E-state index is 0.0828. The first-order valence-corrected chi connectivity index (χ1v) is 14.7. The van der Waals surface area contributed by atoms with Crippen molar-refractivity contribution in [2.24, 2.45) is 5.92 Å². The predicted octanol–water partition coefficient (Wildman–Crippen LogP) is 3.47. The Morgan fingerprint density at radius 2 is 1.77 bits per heavy atom. The van der Waals surface area contributed by atoms with Crippen LogP contribution >= 0.6 is 18.1 Å². The molecule has 1 aliphatic heterocycles. The number of nitrogens with zero attached hydrogens (tertiary/aromatic N) is 1. The molecule has 1 saturated heterocycles. The molecule has 0 amide bonds. The van der Waals surface area contributed by atoms with Crippen molar-refractivity contribution in [2.75, 3.05) is 19.8 Å². The van der Waals surface area contributed by atoms with Crippen LogP contribution in [0.1, 0.15) is 37.4 Å². The van der Waals surface area contributed by atoms with Crippen molar-refractivity contribution in [1.82, 2.24) is 9.55 Å². The first-order valence-electron chi connectivity index (χ1n) is 11.7. The second-order valence-electron chi connectivity index (χ2n) is 8.21.